The lowest BCUT2D eigenvalue weighted by molar-refractivity contribution is 0.215. The summed E-state index contributed by atoms with van der Waals surface area (Å²) in [6.07, 6.45) is 4.37. The summed E-state index contributed by atoms with van der Waals surface area (Å²) in [5, 5.41) is 16.3. The number of H-pyrrole nitrogens is 1. The van der Waals surface area contributed by atoms with Gasteiger partial charge < -0.3 is 9.67 Å². The highest BCUT2D eigenvalue weighted by Crippen LogP contribution is 2.19. The van der Waals surface area contributed by atoms with Crippen molar-refractivity contribution in [3.05, 3.63) is 35.7 Å². The zero-order valence-corrected chi connectivity index (χ0v) is 8.10. The van der Waals surface area contributed by atoms with Crippen LogP contribution in [0.25, 0.3) is 0 Å². The van der Waals surface area contributed by atoms with Crippen molar-refractivity contribution in [1.82, 2.24) is 19.7 Å². The van der Waals surface area contributed by atoms with Gasteiger partial charge in [-0.25, -0.2) is 4.98 Å². The predicted molar refractivity (Wildman–Crippen MR) is 50.6 cm³/mol. The van der Waals surface area contributed by atoms with Crippen molar-refractivity contribution in [2.75, 3.05) is 0 Å². The molecule has 1 unspecified atom stereocenters. The molecule has 0 amide bonds. The van der Waals surface area contributed by atoms with Gasteiger partial charge in [0.05, 0.1) is 11.9 Å². The Morgan fingerprint density at radius 1 is 1.57 bits per heavy atom. The number of hydrogen-bond acceptors (Lipinski definition) is 3. The van der Waals surface area contributed by atoms with Gasteiger partial charge in [-0.15, -0.1) is 0 Å². The van der Waals surface area contributed by atoms with Gasteiger partial charge in [-0.1, -0.05) is 0 Å². The van der Waals surface area contributed by atoms with Crippen molar-refractivity contribution < 1.29 is 5.11 Å². The molecule has 2 rings (SSSR count). The number of aliphatic hydroxyl groups is 1. The van der Waals surface area contributed by atoms with Gasteiger partial charge in [-0.05, 0) is 6.92 Å². The Labute approximate surface area is 81.4 Å². The van der Waals surface area contributed by atoms with E-state index < -0.39 is 6.10 Å². The second-order valence-electron chi connectivity index (χ2n) is 3.26. The molecule has 5 heteroatoms. The molecule has 2 N–H and O–H groups in total. The minimum absolute atomic E-state index is 0.645. The minimum Gasteiger partial charge on any atom is -0.382 e. The fourth-order valence-electron chi connectivity index (χ4n) is 1.30. The second-order valence-corrected chi connectivity index (χ2v) is 3.26. The van der Waals surface area contributed by atoms with E-state index in [1.165, 1.54) is 0 Å². The van der Waals surface area contributed by atoms with Crippen molar-refractivity contribution in [2.24, 2.45) is 7.05 Å². The maximum atomic E-state index is 9.88. The fourth-order valence-corrected chi connectivity index (χ4v) is 1.30. The highest BCUT2D eigenvalue weighted by molar-refractivity contribution is 5.19. The van der Waals surface area contributed by atoms with E-state index in [1.54, 1.807) is 12.4 Å². The first kappa shape index (κ1) is 8.96. The van der Waals surface area contributed by atoms with E-state index in [4.69, 9.17) is 0 Å². The Balaban J connectivity index is 2.32. The molecule has 0 aliphatic rings. The fraction of sp³-hybridized carbons (Fsp3) is 0.333. The number of hydrogen-bond donors (Lipinski definition) is 2. The maximum Gasteiger partial charge on any atom is 0.126 e. The lowest BCUT2D eigenvalue weighted by Crippen LogP contribution is -1.98. The highest BCUT2D eigenvalue weighted by atomic mass is 16.3. The Morgan fingerprint density at radius 2 is 2.36 bits per heavy atom. The number of nitrogens with one attached hydrogen (secondary N) is 1. The van der Waals surface area contributed by atoms with Crippen LogP contribution in [0.2, 0.25) is 0 Å². The molecule has 0 saturated carbocycles. The summed E-state index contributed by atoms with van der Waals surface area (Å²) in [5.41, 5.74) is 1.37. The number of aromatic nitrogens is 4. The zero-order chi connectivity index (χ0) is 10.1. The first-order chi connectivity index (χ1) is 6.68. The monoisotopic (exact) mass is 192 g/mol. The summed E-state index contributed by atoms with van der Waals surface area (Å²) < 4.78 is 1.87. The standard InChI is InChI=1S/C9H12N4O/c1-6-12-8(5-13(6)2)9(14)7-3-10-11-4-7/h3-5,9,14H,1-2H3,(H,10,11). The number of aliphatic hydroxyl groups excluding tert-OH is 1. The van der Waals surface area contributed by atoms with Crippen LogP contribution in [-0.2, 0) is 7.05 Å². The third kappa shape index (κ3) is 1.42. The smallest absolute Gasteiger partial charge is 0.126 e. The van der Waals surface area contributed by atoms with Gasteiger partial charge in [-0.2, -0.15) is 5.10 Å². The first-order valence-corrected chi connectivity index (χ1v) is 4.35. The van der Waals surface area contributed by atoms with E-state index in [0.29, 0.717) is 5.69 Å². The quantitative estimate of drug-likeness (QED) is 0.729. The third-order valence-electron chi connectivity index (χ3n) is 2.24. The van der Waals surface area contributed by atoms with Crippen molar-refractivity contribution in [1.29, 1.82) is 0 Å². The lowest BCUT2D eigenvalue weighted by atomic mass is 10.1. The summed E-state index contributed by atoms with van der Waals surface area (Å²) >= 11 is 0. The van der Waals surface area contributed by atoms with Crippen LogP contribution in [0.4, 0.5) is 0 Å². The molecule has 74 valence electrons. The minimum atomic E-state index is -0.700. The van der Waals surface area contributed by atoms with Crippen LogP contribution in [0, 0.1) is 6.92 Å². The molecule has 1 atom stereocenters. The molecule has 0 spiro atoms. The van der Waals surface area contributed by atoms with Crippen molar-refractivity contribution >= 4 is 0 Å². The summed E-state index contributed by atoms with van der Waals surface area (Å²) in [5.74, 6) is 0.877. The normalized spacial score (nSPS) is 13.1. The molecular weight excluding hydrogens is 180 g/mol. The average Bonchev–Trinajstić information content (AvgIpc) is 2.76. The first-order valence-electron chi connectivity index (χ1n) is 4.35. The molecule has 0 bridgehead atoms. The molecule has 2 heterocycles. The topological polar surface area (TPSA) is 66.7 Å². The third-order valence-corrected chi connectivity index (χ3v) is 2.24. The predicted octanol–water partition coefficient (Wildman–Crippen LogP) is 0.533. The molecule has 0 saturated heterocycles. The average molecular weight is 192 g/mol. The summed E-state index contributed by atoms with van der Waals surface area (Å²) in [4.78, 5) is 4.24. The SMILES string of the molecule is Cc1nc(C(O)c2cn[nH]c2)cn1C. The molecule has 0 aromatic carbocycles. The summed E-state index contributed by atoms with van der Waals surface area (Å²) in [7, 11) is 1.90. The molecule has 0 fully saturated rings. The van der Waals surface area contributed by atoms with Gasteiger partial charge in [0.25, 0.3) is 0 Å². The Hall–Kier alpha value is -1.62. The largest absolute Gasteiger partial charge is 0.382 e. The van der Waals surface area contributed by atoms with Gasteiger partial charge in [-0.3, -0.25) is 5.10 Å². The molecule has 2 aromatic heterocycles. The lowest BCUT2D eigenvalue weighted by Gasteiger charge is -2.02. The van der Waals surface area contributed by atoms with Crippen molar-refractivity contribution in [3.8, 4) is 0 Å². The molecular formula is C9H12N4O. The molecule has 0 radical (unpaired) electrons. The van der Waals surface area contributed by atoms with E-state index in [0.717, 1.165) is 11.4 Å². The van der Waals surface area contributed by atoms with E-state index >= 15 is 0 Å². The van der Waals surface area contributed by atoms with Crippen LogP contribution in [0.15, 0.2) is 18.6 Å². The van der Waals surface area contributed by atoms with E-state index in [-0.39, 0.29) is 0 Å². The molecule has 0 aliphatic heterocycles. The maximum absolute atomic E-state index is 9.88. The van der Waals surface area contributed by atoms with Crippen LogP contribution in [-0.4, -0.2) is 24.9 Å². The van der Waals surface area contributed by atoms with Crippen molar-refractivity contribution in [2.45, 2.75) is 13.0 Å². The number of imidazole rings is 1. The van der Waals surface area contributed by atoms with E-state index in [9.17, 15) is 5.11 Å². The van der Waals surface area contributed by atoms with Crippen molar-refractivity contribution in [3.63, 3.8) is 0 Å². The zero-order valence-electron chi connectivity index (χ0n) is 8.10. The van der Waals surface area contributed by atoms with Gasteiger partial charge >= 0.3 is 0 Å². The van der Waals surface area contributed by atoms with Crippen LogP contribution in [0.1, 0.15) is 23.2 Å². The van der Waals surface area contributed by atoms with Crippen LogP contribution < -0.4 is 0 Å². The van der Waals surface area contributed by atoms with Crippen LogP contribution in [0.3, 0.4) is 0 Å². The van der Waals surface area contributed by atoms with E-state index in [1.807, 2.05) is 24.7 Å². The van der Waals surface area contributed by atoms with Crippen LogP contribution >= 0.6 is 0 Å². The number of rotatable bonds is 2. The Bertz CT molecular complexity index is 398. The molecule has 0 aliphatic carbocycles. The summed E-state index contributed by atoms with van der Waals surface area (Å²) in [6, 6.07) is 0. The van der Waals surface area contributed by atoms with Gasteiger partial charge in [0, 0.05) is 25.0 Å². The number of aryl methyl sites for hydroxylation is 2. The van der Waals surface area contributed by atoms with Crippen LogP contribution in [0.5, 0.6) is 0 Å². The van der Waals surface area contributed by atoms with Gasteiger partial charge in [0.15, 0.2) is 0 Å². The Morgan fingerprint density at radius 3 is 2.86 bits per heavy atom. The summed E-state index contributed by atoms with van der Waals surface area (Å²) in [6.45, 7) is 1.89. The van der Waals surface area contributed by atoms with Gasteiger partial charge in [0.1, 0.15) is 11.9 Å². The van der Waals surface area contributed by atoms with E-state index in [2.05, 4.69) is 15.2 Å². The van der Waals surface area contributed by atoms with Gasteiger partial charge in [0.2, 0.25) is 0 Å². The highest BCUT2D eigenvalue weighted by Gasteiger charge is 2.14. The second kappa shape index (κ2) is 3.26. The Kier molecular flexibility index (Phi) is 2.09. The molecule has 14 heavy (non-hydrogen) atoms. The molecule has 2 aromatic rings. The number of aromatic amines is 1. The number of nitrogens with zero attached hydrogens (tertiary/aromatic N) is 3. The molecule has 5 nitrogen and oxygen atoms in total.